The van der Waals surface area contributed by atoms with E-state index in [1.54, 1.807) is 18.5 Å². The SMILES string of the molecule is CCNC(=NCCC(=O)N1CCN(c2ncccn2)CC1)NCCc1ccccc1Cl. The first-order valence-electron chi connectivity index (χ1n) is 10.7. The molecule has 1 aromatic carbocycles. The van der Waals surface area contributed by atoms with Crippen LogP contribution in [0, 0.1) is 0 Å². The average molecular weight is 444 g/mol. The molecule has 2 aromatic rings. The fourth-order valence-electron chi connectivity index (χ4n) is 3.39. The zero-order valence-corrected chi connectivity index (χ0v) is 18.7. The fourth-order valence-corrected chi connectivity index (χ4v) is 3.62. The van der Waals surface area contributed by atoms with Crippen LogP contribution in [0.2, 0.25) is 5.02 Å². The van der Waals surface area contributed by atoms with Crippen molar-refractivity contribution in [1.29, 1.82) is 0 Å². The second-order valence-electron chi connectivity index (χ2n) is 7.20. The van der Waals surface area contributed by atoms with Crippen molar-refractivity contribution in [3.05, 3.63) is 53.3 Å². The molecule has 0 spiro atoms. The van der Waals surface area contributed by atoms with E-state index in [9.17, 15) is 4.79 Å². The zero-order valence-electron chi connectivity index (χ0n) is 17.9. The summed E-state index contributed by atoms with van der Waals surface area (Å²) in [6.07, 6.45) is 4.67. The summed E-state index contributed by atoms with van der Waals surface area (Å²) in [6.45, 7) is 6.78. The van der Waals surface area contributed by atoms with Gasteiger partial charge < -0.3 is 20.4 Å². The number of hydrogen-bond acceptors (Lipinski definition) is 5. The summed E-state index contributed by atoms with van der Waals surface area (Å²) < 4.78 is 0. The predicted octanol–water partition coefficient (Wildman–Crippen LogP) is 1.97. The number of nitrogens with one attached hydrogen (secondary N) is 2. The molecule has 166 valence electrons. The van der Waals surface area contributed by atoms with Gasteiger partial charge >= 0.3 is 0 Å². The first kappa shape index (κ1) is 22.8. The van der Waals surface area contributed by atoms with Crippen LogP contribution in [-0.2, 0) is 11.2 Å². The highest BCUT2D eigenvalue weighted by Gasteiger charge is 2.22. The summed E-state index contributed by atoms with van der Waals surface area (Å²) in [4.78, 5) is 29.7. The molecular formula is C22H30ClN7O. The zero-order chi connectivity index (χ0) is 21.9. The van der Waals surface area contributed by atoms with Crippen molar-refractivity contribution in [2.24, 2.45) is 4.99 Å². The van der Waals surface area contributed by atoms with Crippen molar-refractivity contribution in [3.63, 3.8) is 0 Å². The van der Waals surface area contributed by atoms with E-state index in [1.807, 2.05) is 36.1 Å². The molecule has 31 heavy (non-hydrogen) atoms. The van der Waals surface area contributed by atoms with E-state index < -0.39 is 0 Å². The van der Waals surface area contributed by atoms with Gasteiger partial charge in [0.2, 0.25) is 11.9 Å². The average Bonchev–Trinajstić information content (AvgIpc) is 2.81. The summed E-state index contributed by atoms with van der Waals surface area (Å²) in [7, 11) is 0. The molecule has 0 bridgehead atoms. The Hall–Kier alpha value is -2.87. The van der Waals surface area contributed by atoms with Gasteiger partial charge in [-0.25, -0.2) is 9.97 Å². The predicted molar refractivity (Wildman–Crippen MR) is 125 cm³/mol. The number of benzene rings is 1. The maximum atomic E-state index is 12.6. The van der Waals surface area contributed by atoms with E-state index in [0.717, 1.165) is 42.6 Å². The Morgan fingerprint density at radius 2 is 1.84 bits per heavy atom. The Morgan fingerprint density at radius 3 is 2.55 bits per heavy atom. The van der Waals surface area contributed by atoms with Gasteiger partial charge in [0.25, 0.3) is 0 Å². The molecule has 1 fully saturated rings. The van der Waals surface area contributed by atoms with Gasteiger partial charge in [-0.05, 0) is 31.0 Å². The van der Waals surface area contributed by atoms with Crippen LogP contribution in [0.25, 0.3) is 0 Å². The van der Waals surface area contributed by atoms with Gasteiger partial charge in [0.1, 0.15) is 0 Å². The van der Waals surface area contributed by atoms with Crippen LogP contribution in [0.4, 0.5) is 5.95 Å². The fraction of sp³-hybridized carbons (Fsp3) is 0.455. The monoisotopic (exact) mass is 443 g/mol. The third-order valence-electron chi connectivity index (χ3n) is 5.05. The summed E-state index contributed by atoms with van der Waals surface area (Å²) in [5, 5.41) is 7.30. The van der Waals surface area contributed by atoms with Crippen molar-refractivity contribution >= 4 is 29.4 Å². The number of guanidine groups is 1. The van der Waals surface area contributed by atoms with Crippen LogP contribution in [-0.4, -0.2) is 72.5 Å². The molecule has 3 rings (SSSR count). The molecule has 1 aromatic heterocycles. The Bertz CT molecular complexity index is 854. The second-order valence-corrected chi connectivity index (χ2v) is 7.60. The number of rotatable bonds is 8. The van der Waals surface area contributed by atoms with E-state index in [2.05, 4.69) is 30.5 Å². The maximum Gasteiger partial charge on any atom is 0.225 e. The minimum atomic E-state index is 0.129. The number of hydrogen-bond donors (Lipinski definition) is 2. The summed E-state index contributed by atoms with van der Waals surface area (Å²) in [5.74, 6) is 1.56. The van der Waals surface area contributed by atoms with E-state index >= 15 is 0 Å². The van der Waals surface area contributed by atoms with Crippen molar-refractivity contribution in [1.82, 2.24) is 25.5 Å². The molecule has 1 aliphatic rings. The summed E-state index contributed by atoms with van der Waals surface area (Å²) >= 11 is 6.21. The Balaban J connectivity index is 1.41. The van der Waals surface area contributed by atoms with E-state index in [1.165, 1.54) is 0 Å². The van der Waals surface area contributed by atoms with Gasteiger partial charge in [0, 0.05) is 63.1 Å². The third-order valence-corrected chi connectivity index (χ3v) is 5.42. The highest BCUT2D eigenvalue weighted by Crippen LogP contribution is 2.14. The van der Waals surface area contributed by atoms with Gasteiger partial charge in [-0.15, -0.1) is 0 Å². The highest BCUT2D eigenvalue weighted by molar-refractivity contribution is 6.31. The number of nitrogens with zero attached hydrogens (tertiary/aromatic N) is 5. The Labute approximate surface area is 188 Å². The number of carbonyl (C=O) groups excluding carboxylic acids is 1. The molecule has 0 radical (unpaired) electrons. The largest absolute Gasteiger partial charge is 0.357 e. The number of halogens is 1. The van der Waals surface area contributed by atoms with Gasteiger partial charge in [0.05, 0.1) is 6.54 Å². The van der Waals surface area contributed by atoms with Gasteiger partial charge in [-0.3, -0.25) is 9.79 Å². The second kappa shape index (κ2) is 12.1. The van der Waals surface area contributed by atoms with E-state index in [4.69, 9.17) is 11.6 Å². The lowest BCUT2D eigenvalue weighted by molar-refractivity contribution is -0.131. The molecule has 9 heteroatoms. The quantitative estimate of drug-likeness (QED) is 0.479. The van der Waals surface area contributed by atoms with Crippen molar-refractivity contribution in [2.45, 2.75) is 19.8 Å². The van der Waals surface area contributed by atoms with Crippen LogP contribution >= 0.6 is 11.6 Å². The Kier molecular flexibility index (Phi) is 8.90. The van der Waals surface area contributed by atoms with Crippen LogP contribution in [0.3, 0.4) is 0 Å². The van der Waals surface area contributed by atoms with Crippen molar-refractivity contribution < 1.29 is 4.79 Å². The molecule has 2 N–H and O–H groups in total. The van der Waals surface area contributed by atoms with Gasteiger partial charge in [-0.2, -0.15) is 0 Å². The smallest absolute Gasteiger partial charge is 0.225 e. The van der Waals surface area contributed by atoms with Crippen molar-refractivity contribution in [3.8, 4) is 0 Å². The lowest BCUT2D eigenvalue weighted by Crippen LogP contribution is -2.49. The van der Waals surface area contributed by atoms with Crippen LogP contribution in [0.15, 0.2) is 47.7 Å². The number of piperazine rings is 1. The minimum absolute atomic E-state index is 0.129. The molecule has 1 amide bonds. The van der Waals surface area contributed by atoms with Gasteiger partial charge in [-0.1, -0.05) is 29.8 Å². The Morgan fingerprint density at radius 1 is 1.10 bits per heavy atom. The molecular weight excluding hydrogens is 414 g/mol. The van der Waals surface area contributed by atoms with E-state index in [-0.39, 0.29) is 5.91 Å². The lowest BCUT2D eigenvalue weighted by atomic mass is 10.1. The molecule has 0 saturated carbocycles. The summed E-state index contributed by atoms with van der Waals surface area (Å²) in [6, 6.07) is 9.64. The number of anilines is 1. The van der Waals surface area contributed by atoms with Gasteiger partial charge in [0.15, 0.2) is 5.96 Å². The molecule has 1 saturated heterocycles. The molecule has 8 nitrogen and oxygen atoms in total. The van der Waals surface area contributed by atoms with Crippen LogP contribution in [0.1, 0.15) is 18.9 Å². The van der Waals surface area contributed by atoms with Crippen LogP contribution in [0.5, 0.6) is 0 Å². The minimum Gasteiger partial charge on any atom is -0.357 e. The molecule has 0 atom stereocenters. The first-order chi connectivity index (χ1) is 15.2. The number of aromatic nitrogens is 2. The lowest BCUT2D eigenvalue weighted by Gasteiger charge is -2.34. The molecule has 2 heterocycles. The summed E-state index contributed by atoms with van der Waals surface area (Å²) in [5.41, 5.74) is 1.10. The maximum absolute atomic E-state index is 12.6. The van der Waals surface area contributed by atoms with Crippen molar-refractivity contribution in [2.75, 3.05) is 50.7 Å². The highest BCUT2D eigenvalue weighted by atomic mass is 35.5. The first-order valence-corrected chi connectivity index (χ1v) is 11.1. The topological polar surface area (TPSA) is 85.8 Å². The van der Waals surface area contributed by atoms with E-state index in [0.29, 0.717) is 38.6 Å². The molecule has 0 unspecified atom stereocenters. The number of amides is 1. The third kappa shape index (κ3) is 7.10. The number of aliphatic imine (C=N–C) groups is 1. The number of carbonyl (C=O) groups is 1. The molecule has 1 aliphatic heterocycles. The molecule has 0 aliphatic carbocycles. The van der Waals surface area contributed by atoms with Crippen LogP contribution < -0.4 is 15.5 Å². The standard InChI is InChI=1S/C22H30ClN7O/c1-2-24-21(25-12-8-18-6-3-4-7-19(18)23)26-13-9-20(31)29-14-16-30(17-15-29)22-27-10-5-11-28-22/h3-7,10-11H,2,8-9,12-17H2,1H3,(H2,24,25,26). The normalized spacial score (nSPS) is 14.5.